The molecule has 2 saturated carbocycles. The first-order valence-electron chi connectivity index (χ1n) is 13.5. The normalized spacial score (nSPS) is 53.0. The lowest BCUT2D eigenvalue weighted by Crippen LogP contribution is -2.51. The summed E-state index contributed by atoms with van der Waals surface area (Å²) in [5, 5.41) is 23.4. The second-order valence-corrected chi connectivity index (χ2v) is 13.2. The fraction of sp³-hybridized carbons (Fsp3) is 0.667. The SMILES string of the molecule is C=C1C(=O)O[C@@H]2C3=C([C@H]4C[C@@]3(C)[C@]3(C4)C(=O)O[C@@H]4[C@H]5C(C)=CC[C@@]5(O)C(=C)CC[C@H]43)[C@@](C)(O)CC[C@@H]12. The van der Waals surface area contributed by atoms with Crippen molar-refractivity contribution in [2.45, 2.75) is 89.1 Å². The zero-order valence-electron chi connectivity index (χ0n) is 21.4. The maximum atomic E-state index is 14.1. The minimum absolute atomic E-state index is 0.0307. The Hall–Kier alpha value is -2.18. The van der Waals surface area contributed by atoms with E-state index < -0.39 is 34.2 Å². The molecule has 0 unspecified atom stereocenters. The molecule has 4 fully saturated rings. The van der Waals surface area contributed by atoms with Crippen LogP contribution in [0.5, 0.6) is 0 Å². The third kappa shape index (κ3) is 2.33. The smallest absolute Gasteiger partial charge is 0.334 e. The molecular weight excluding hydrogens is 456 g/mol. The second-order valence-electron chi connectivity index (χ2n) is 13.2. The summed E-state index contributed by atoms with van der Waals surface area (Å²) >= 11 is 0. The average Bonchev–Trinajstić information content (AvgIpc) is 3.50. The van der Waals surface area contributed by atoms with E-state index in [0.29, 0.717) is 37.7 Å². The third-order valence-electron chi connectivity index (χ3n) is 11.7. The van der Waals surface area contributed by atoms with E-state index in [1.54, 1.807) is 0 Å². The van der Waals surface area contributed by atoms with Crippen molar-refractivity contribution in [3.05, 3.63) is 47.1 Å². The van der Waals surface area contributed by atoms with E-state index in [-0.39, 0.29) is 35.6 Å². The lowest BCUT2D eigenvalue weighted by molar-refractivity contribution is -0.155. The first kappa shape index (κ1) is 23.0. The van der Waals surface area contributed by atoms with Crippen molar-refractivity contribution in [1.29, 1.82) is 0 Å². The maximum absolute atomic E-state index is 14.1. The van der Waals surface area contributed by atoms with Crippen molar-refractivity contribution in [2.24, 2.45) is 34.5 Å². The van der Waals surface area contributed by atoms with Crippen LogP contribution in [0.1, 0.15) is 65.7 Å². The molecule has 7 rings (SSSR count). The largest absolute Gasteiger partial charge is 0.461 e. The van der Waals surface area contributed by atoms with Gasteiger partial charge in [-0.3, -0.25) is 4.79 Å². The van der Waals surface area contributed by atoms with E-state index in [4.69, 9.17) is 9.47 Å². The van der Waals surface area contributed by atoms with E-state index in [9.17, 15) is 19.8 Å². The van der Waals surface area contributed by atoms with Crippen LogP contribution in [-0.4, -0.2) is 45.6 Å². The number of hydrogen-bond donors (Lipinski definition) is 2. The minimum Gasteiger partial charge on any atom is -0.461 e. The lowest BCUT2D eigenvalue weighted by Gasteiger charge is -2.48. The van der Waals surface area contributed by atoms with Crippen molar-refractivity contribution < 1.29 is 29.3 Å². The summed E-state index contributed by atoms with van der Waals surface area (Å²) in [7, 11) is 0. The fourth-order valence-corrected chi connectivity index (χ4v) is 10.1. The quantitative estimate of drug-likeness (QED) is 0.302. The minimum atomic E-state index is -1.08. The van der Waals surface area contributed by atoms with Crippen LogP contribution in [0.15, 0.2) is 47.1 Å². The Bertz CT molecular complexity index is 1220. The summed E-state index contributed by atoms with van der Waals surface area (Å²) in [6, 6.07) is 0. The Balaban J connectivity index is 1.40. The monoisotopic (exact) mass is 492 g/mol. The Morgan fingerprint density at radius 1 is 1.06 bits per heavy atom. The number of ether oxygens (including phenoxy) is 2. The van der Waals surface area contributed by atoms with Gasteiger partial charge in [-0.05, 0) is 81.4 Å². The van der Waals surface area contributed by atoms with E-state index in [2.05, 4.69) is 26.2 Å². The fourth-order valence-electron chi connectivity index (χ4n) is 10.1. The third-order valence-corrected chi connectivity index (χ3v) is 11.7. The van der Waals surface area contributed by atoms with E-state index in [0.717, 1.165) is 35.1 Å². The number of esters is 2. The Morgan fingerprint density at radius 3 is 2.56 bits per heavy atom. The summed E-state index contributed by atoms with van der Waals surface area (Å²) in [5.74, 6) is -1.08. The van der Waals surface area contributed by atoms with Gasteiger partial charge in [-0.2, -0.15) is 0 Å². The molecule has 0 radical (unpaired) electrons. The Morgan fingerprint density at radius 2 is 1.81 bits per heavy atom. The summed E-state index contributed by atoms with van der Waals surface area (Å²) in [6.45, 7) is 14.4. The number of carbonyl (C=O) groups is 2. The number of hydrogen-bond acceptors (Lipinski definition) is 6. The zero-order chi connectivity index (χ0) is 25.6. The highest BCUT2D eigenvalue weighted by Crippen LogP contribution is 2.76. The molecule has 0 aromatic heterocycles. The molecule has 192 valence electrons. The summed E-state index contributed by atoms with van der Waals surface area (Å²) in [5.41, 5.74) is 0.818. The highest BCUT2D eigenvalue weighted by atomic mass is 16.6. The van der Waals surface area contributed by atoms with Crippen LogP contribution in [0, 0.1) is 34.5 Å². The summed E-state index contributed by atoms with van der Waals surface area (Å²) in [4.78, 5) is 26.8. The first-order chi connectivity index (χ1) is 16.9. The van der Waals surface area contributed by atoms with Gasteiger partial charge in [0.25, 0.3) is 0 Å². The van der Waals surface area contributed by atoms with Gasteiger partial charge in [0.05, 0.1) is 22.5 Å². The molecule has 36 heavy (non-hydrogen) atoms. The van der Waals surface area contributed by atoms with Gasteiger partial charge in [0, 0.05) is 22.8 Å². The summed E-state index contributed by atoms with van der Waals surface area (Å²) in [6.07, 6.45) is 5.59. The molecule has 2 N–H and O–H groups in total. The molecule has 1 spiro atoms. The van der Waals surface area contributed by atoms with Gasteiger partial charge in [-0.15, -0.1) is 0 Å². The van der Waals surface area contributed by atoms with Gasteiger partial charge >= 0.3 is 11.9 Å². The van der Waals surface area contributed by atoms with Crippen LogP contribution >= 0.6 is 0 Å². The lowest BCUT2D eigenvalue weighted by atomic mass is 9.53. The van der Waals surface area contributed by atoms with E-state index >= 15 is 0 Å². The van der Waals surface area contributed by atoms with Crippen molar-refractivity contribution in [3.8, 4) is 0 Å². The van der Waals surface area contributed by atoms with E-state index in [1.807, 2.05) is 13.8 Å². The zero-order valence-corrected chi connectivity index (χ0v) is 21.4. The first-order valence-corrected chi connectivity index (χ1v) is 13.5. The number of fused-ring (bicyclic) bond motifs is 11. The van der Waals surface area contributed by atoms with Crippen LogP contribution in [0.25, 0.3) is 0 Å². The molecule has 2 aliphatic heterocycles. The average molecular weight is 493 g/mol. The van der Waals surface area contributed by atoms with Crippen molar-refractivity contribution >= 4 is 11.9 Å². The molecule has 0 amide bonds. The molecule has 2 heterocycles. The van der Waals surface area contributed by atoms with Crippen molar-refractivity contribution in [1.82, 2.24) is 0 Å². The number of aliphatic hydroxyl groups is 2. The van der Waals surface area contributed by atoms with Crippen molar-refractivity contribution in [2.75, 3.05) is 0 Å². The molecule has 5 aliphatic carbocycles. The van der Waals surface area contributed by atoms with Crippen LogP contribution in [0.3, 0.4) is 0 Å². The van der Waals surface area contributed by atoms with Crippen molar-refractivity contribution in [3.63, 3.8) is 0 Å². The van der Waals surface area contributed by atoms with Gasteiger partial charge in [0.2, 0.25) is 0 Å². The molecule has 0 aromatic rings. The van der Waals surface area contributed by atoms with Gasteiger partial charge in [-0.25, -0.2) is 4.79 Å². The molecule has 0 aromatic carbocycles. The molecule has 2 saturated heterocycles. The van der Waals surface area contributed by atoms with Gasteiger partial charge in [0.15, 0.2) is 0 Å². The topological polar surface area (TPSA) is 93.1 Å². The van der Waals surface area contributed by atoms with Crippen LogP contribution in [0.2, 0.25) is 0 Å². The van der Waals surface area contributed by atoms with Crippen LogP contribution in [0.4, 0.5) is 0 Å². The molecule has 2 bridgehead atoms. The predicted molar refractivity (Wildman–Crippen MR) is 131 cm³/mol. The molecule has 6 heteroatoms. The van der Waals surface area contributed by atoms with Gasteiger partial charge < -0.3 is 19.7 Å². The van der Waals surface area contributed by atoms with E-state index in [1.165, 1.54) is 0 Å². The molecule has 7 aliphatic rings. The Kier molecular flexibility index (Phi) is 4.23. The highest BCUT2D eigenvalue weighted by molar-refractivity contribution is 5.92. The van der Waals surface area contributed by atoms with Crippen LogP contribution < -0.4 is 0 Å². The summed E-state index contributed by atoms with van der Waals surface area (Å²) < 4.78 is 12.3. The molecular formula is C30H36O6. The molecule has 6 nitrogen and oxygen atoms in total. The predicted octanol–water partition coefficient (Wildman–Crippen LogP) is 3.93. The Labute approximate surface area is 212 Å². The molecule has 10 atom stereocenters. The second kappa shape index (κ2) is 6.63. The van der Waals surface area contributed by atoms with Crippen LogP contribution in [-0.2, 0) is 19.1 Å². The standard InChI is InChI=1S/C30H36O6/c1-14-8-11-30(34)15(2)6-7-19-24(20(14)30)36-26(32)29(19)13-17-12-27(29,4)22-21(17)28(5,33)10-9-18-16(3)25(31)35-23(18)22/h8,17-20,23-24,33-34H,2-3,6-7,9-13H2,1,4-5H3/t17-,18-,19+,20+,23-,24-,27+,28-,29-,30+/m0/s1. The maximum Gasteiger partial charge on any atom is 0.334 e. The number of carbonyl (C=O) groups excluding carboxylic acids is 2. The highest BCUT2D eigenvalue weighted by Gasteiger charge is 2.77. The van der Waals surface area contributed by atoms with Gasteiger partial charge in [0.1, 0.15) is 12.2 Å². The number of rotatable bonds is 0. The van der Waals surface area contributed by atoms with Gasteiger partial charge in [-0.1, -0.05) is 31.7 Å².